The van der Waals surface area contributed by atoms with E-state index < -0.39 is 0 Å². The number of hydrogen-bond donors (Lipinski definition) is 1. The van der Waals surface area contributed by atoms with E-state index in [1.165, 1.54) is 0 Å². The minimum absolute atomic E-state index is 0.121. The Hall–Kier alpha value is -1.92. The van der Waals surface area contributed by atoms with Gasteiger partial charge in [-0.05, 0) is 31.3 Å². The number of methoxy groups -OCH3 is 1. The summed E-state index contributed by atoms with van der Waals surface area (Å²) in [4.78, 5) is 19.1. The molecule has 0 saturated carbocycles. The third-order valence-corrected chi connectivity index (χ3v) is 4.51. The van der Waals surface area contributed by atoms with Gasteiger partial charge in [0.1, 0.15) is 10.8 Å². The van der Waals surface area contributed by atoms with Crippen molar-refractivity contribution in [3.63, 3.8) is 0 Å². The summed E-state index contributed by atoms with van der Waals surface area (Å²) >= 11 is 1.58. The van der Waals surface area contributed by atoms with E-state index in [0.717, 1.165) is 30.3 Å². The van der Waals surface area contributed by atoms with Crippen LogP contribution in [0.1, 0.15) is 34.9 Å². The molecule has 124 valence electrons. The van der Waals surface area contributed by atoms with Crippen LogP contribution in [0.2, 0.25) is 0 Å². The molecule has 1 aromatic carbocycles. The van der Waals surface area contributed by atoms with Gasteiger partial charge in [-0.15, -0.1) is 11.3 Å². The fraction of sp³-hybridized carbons (Fsp3) is 0.412. The van der Waals surface area contributed by atoms with Crippen LogP contribution in [0.3, 0.4) is 0 Å². The van der Waals surface area contributed by atoms with E-state index in [9.17, 15) is 4.79 Å². The molecular formula is C17H23N3O2S. The lowest BCUT2D eigenvalue weighted by molar-refractivity contribution is 0.0950. The Balaban J connectivity index is 1.90. The molecule has 0 aliphatic heterocycles. The number of aromatic nitrogens is 1. The maximum absolute atomic E-state index is 12.2. The van der Waals surface area contributed by atoms with Gasteiger partial charge in [-0.2, -0.15) is 0 Å². The van der Waals surface area contributed by atoms with Gasteiger partial charge in [0.25, 0.3) is 5.91 Å². The van der Waals surface area contributed by atoms with Crippen molar-refractivity contribution in [1.29, 1.82) is 0 Å². The fourth-order valence-corrected chi connectivity index (χ4v) is 2.93. The Morgan fingerprint density at radius 2 is 2.13 bits per heavy atom. The van der Waals surface area contributed by atoms with Crippen molar-refractivity contribution in [3.05, 3.63) is 45.9 Å². The lowest BCUT2D eigenvalue weighted by Gasteiger charge is -2.15. The molecule has 0 saturated heterocycles. The topological polar surface area (TPSA) is 54.5 Å². The number of hydrogen-bond acceptors (Lipinski definition) is 5. The maximum Gasteiger partial charge on any atom is 0.251 e. The quantitative estimate of drug-likeness (QED) is 0.807. The highest BCUT2D eigenvalue weighted by atomic mass is 32.1. The number of rotatable bonds is 8. The second-order valence-electron chi connectivity index (χ2n) is 5.11. The molecule has 0 radical (unpaired) electrons. The molecule has 1 heterocycles. The Morgan fingerprint density at radius 3 is 2.83 bits per heavy atom. The van der Waals surface area contributed by atoms with E-state index >= 15 is 0 Å². The van der Waals surface area contributed by atoms with Crippen molar-refractivity contribution >= 4 is 17.2 Å². The van der Waals surface area contributed by atoms with Crippen LogP contribution in [0.15, 0.2) is 29.6 Å². The highest BCUT2D eigenvalue weighted by Gasteiger charge is 2.09. The molecule has 0 fully saturated rings. The number of benzene rings is 1. The van der Waals surface area contributed by atoms with Crippen molar-refractivity contribution in [3.8, 4) is 5.75 Å². The van der Waals surface area contributed by atoms with Gasteiger partial charge in [-0.25, -0.2) is 4.98 Å². The summed E-state index contributed by atoms with van der Waals surface area (Å²) in [7, 11) is 1.59. The number of ether oxygens (including phenoxy) is 1. The van der Waals surface area contributed by atoms with Crippen LogP contribution in [0.4, 0.5) is 0 Å². The van der Waals surface area contributed by atoms with Crippen molar-refractivity contribution in [2.24, 2.45) is 0 Å². The van der Waals surface area contributed by atoms with Gasteiger partial charge < -0.3 is 10.1 Å². The number of carbonyl (C=O) groups excluding carboxylic acids is 1. The average molecular weight is 333 g/mol. The van der Waals surface area contributed by atoms with Crippen molar-refractivity contribution in [1.82, 2.24) is 15.2 Å². The SMILES string of the molecule is CCN(CC)Cc1csc(CNC(=O)c2cccc(OC)c2)n1. The van der Waals surface area contributed by atoms with Gasteiger partial charge in [0.2, 0.25) is 0 Å². The molecule has 2 aromatic rings. The van der Waals surface area contributed by atoms with Gasteiger partial charge in [0.05, 0.1) is 19.3 Å². The monoisotopic (exact) mass is 333 g/mol. The molecule has 23 heavy (non-hydrogen) atoms. The summed E-state index contributed by atoms with van der Waals surface area (Å²) in [5.74, 6) is 0.554. The lowest BCUT2D eigenvalue weighted by atomic mass is 10.2. The third kappa shape index (κ3) is 5.04. The van der Waals surface area contributed by atoms with Crippen molar-refractivity contribution < 1.29 is 9.53 Å². The summed E-state index contributed by atoms with van der Waals surface area (Å²) in [6.45, 7) is 7.61. The first-order chi connectivity index (χ1) is 11.2. The molecule has 1 amide bonds. The Labute approximate surface area is 141 Å². The van der Waals surface area contributed by atoms with E-state index in [1.807, 2.05) is 6.07 Å². The molecule has 0 bridgehead atoms. The molecule has 0 aliphatic rings. The summed E-state index contributed by atoms with van der Waals surface area (Å²) < 4.78 is 5.13. The van der Waals surface area contributed by atoms with Crippen LogP contribution in [-0.4, -0.2) is 36.0 Å². The minimum Gasteiger partial charge on any atom is -0.497 e. The zero-order valence-corrected chi connectivity index (χ0v) is 14.7. The van der Waals surface area contributed by atoms with Crippen LogP contribution < -0.4 is 10.1 Å². The van der Waals surface area contributed by atoms with Crippen molar-refractivity contribution in [2.75, 3.05) is 20.2 Å². The summed E-state index contributed by atoms with van der Waals surface area (Å²) in [5.41, 5.74) is 1.65. The Morgan fingerprint density at radius 1 is 1.35 bits per heavy atom. The molecule has 1 aromatic heterocycles. The first-order valence-corrected chi connectivity index (χ1v) is 8.62. The number of carbonyl (C=O) groups is 1. The van der Waals surface area contributed by atoms with E-state index in [-0.39, 0.29) is 5.91 Å². The van der Waals surface area contributed by atoms with Gasteiger partial charge >= 0.3 is 0 Å². The summed E-state index contributed by atoms with van der Waals surface area (Å²) in [5, 5.41) is 5.88. The molecule has 6 heteroatoms. The molecule has 0 aliphatic carbocycles. The highest BCUT2D eigenvalue weighted by Crippen LogP contribution is 2.14. The number of nitrogens with zero attached hydrogens (tertiary/aromatic N) is 2. The predicted octanol–water partition coefficient (Wildman–Crippen LogP) is 2.92. The predicted molar refractivity (Wildman–Crippen MR) is 92.9 cm³/mol. The number of amides is 1. The first-order valence-electron chi connectivity index (χ1n) is 7.74. The van der Waals surface area contributed by atoms with Crippen LogP contribution in [0.5, 0.6) is 5.75 Å². The van der Waals surface area contributed by atoms with Crippen LogP contribution in [-0.2, 0) is 13.1 Å². The van der Waals surface area contributed by atoms with Gasteiger partial charge in [0.15, 0.2) is 0 Å². The number of thiazole rings is 1. The largest absolute Gasteiger partial charge is 0.497 e. The average Bonchev–Trinajstić information content (AvgIpc) is 3.05. The maximum atomic E-state index is 12.2. The molecule has 0 atom stereocenters. The molecule has 2 rings (SSSR count). The Kier molecular flexibility index (Phi) is 6.55. The molecule has 1 N–H and O–H groups in total. The van der Waals surface area contributed by atoms with E-state index in [4.69, 9.17) is 4.74 Å². The molecular weight excluding hydrogens is 310 g/mol. The molecule has 0 spiro atoms. The van der Waals surface area contributed by atoms with Gasteiger partial charge in [0, 0.05) is 17.5 Å². The molecule has 5 nitrogen and oxygen atoms in total. The summed E-state index contributed by atoms with van der Waals surface area (Å²) in [6.07, 6.45) is 0. The smallest absolute Gasteiger partial charge is 0.251 e. The van der Waals surface area contributed by atoms with Crippen molar-refractivity contribution in [2.45, 2.75) is 26.9 Å². The summed E-state index contributed by atoms with van der Waals surface area (Å²) in [6, 6.07) is 7.12. The third-order valence-electron chi connectivity index (χ3n) is 3.61. The zero-order chi connectivity index (χ0) is 16.7. The second kappa shape index (κ2) is 8.64. The van der Waals surface area contributed by atoms with Gasteiger partial charge in [-0.1, -0.05) is 19.9 Å². The minimum atomic E-state index is -0.121. The fourth-order valence-electron chi connectivity index (χ4n) is 2.20. The normalized spacial score (nSPS) is 10.8. The standard InChI is InChI=1S/C17H23N3O2S/c1-4-20(5-2)11-14-12-23-16(19-14)10-18-17(21)13-7-6-8-15(9-13)22-3/h6-9,12H,4-5,10-11H2,1-3H3,(H,18,21). The zero-order valence-electron chi connectivity index (χ0n) is 13.8. The van der Waals surface area contributed by atoms with Gasteiger partial charge in [-0.3, -0.25) is 9.69 Å². The number of nitrogens with one attached hydrogen (secondary N) is 1. The Bertz CT molecular complexity index is 638. The highest BCUT2D eigenvalue weighted by molar-refractivity contribution is 7.09. The lowest BCUT2D eigenvalue weighted by Crippen LogP contribution is -2.23. The first kappa shape index (κ1) is 17.4. The van der Waals surface area contributed by atoms with Crippen LogP contribution in [0, 0.1) is 0 Å². The van der Waals surface area contributed by atoms with Crippen LogP contribution >= 0.6 is 11.3 Å². The van der Waals surface area contributed by atoms with E-state index in [2.05, 4.69) is 34.4 Å². The van der Waals surface area contributed by atoms with Crippen LogP contribution in [0.25, 0.3) is 0 Å². The van der Waals surface area contributed by atoms with E-state index in [1.54, 1.807) is 36.6 Å². The van der Waals surface area contributed by atoms with E-state index in [0.29, 0.717) is 17.9 Å². The molecule has 0 unspecified atom stereocenters. The second-order valence-corrected chi connectivity index (χ2v) is 6.05.